The topological polar surface area (TPSA) is 26.7 Å². The van der Waals surface area contributed by atoms with Crippen LogP contribution in [0.2, 0.25) is 0 Å². The molecule has 1 heterocycles. The molecule has 0 amide bonds. The fourth-order valence-corrected chi connectivity index (χ4v) is 2.40. The number of nitrogens with zero attached hydrogens (tertiary/aromatic N) is 2. The number of aliphatic hydroxyl groups is 1. The van der Waals surface area contributed by atoms with Crippen LogP contribution >= 0.6 is 0 Å². The molecule has 1 N–H and O–H groups in total. The summed E-state index contributed by atoms with van der Waals surface area (Å²) >= 11 is 0. The quantitative estimate of drug-likeness (QED) is 0.744. The van der Waals surface area contributed by atoms with Crippen LogP contribution in [0, 0.1) is 0 Å². The highest BCUT2D eigenvalue weighted by molar-refractivity contribution is 4.78. The molecule has 3 nitrogen and oxygen atoms in total. The Hall–Kier alpha value is -0.120. The molecule has 0 spiro atoms. The van der Waals surface area contributed by atoms with Gasteiger partial charge in [-0.1, -0.05) is 13.3 Å². The number of likely N-dealkylation sites (tertiary alicyclic amines) is 1. The van der Waals surface area contributed by atoms with Crippen molar-refractivity contribution in [3.63, 3.8) is 0 Å². The van der Waals surface area contributed by atoms with E-state index in [1.807, 2.05) is 0 Å². The van der Waals surface area contributed by atoms with E-state index in [1.165, 1.54) is 19.4 Å². The zero-order valence-electron chi connectivity index (χ0n) is 10.4. The first-order chi connectivity index (χ1) is 7.13. The maximum Gasteiger partial charge on any atom is 0.0667 e. The van der Waals surface area contributed by atoms with Crippen molar-refractivity contribution >= 4 is 0 Å². The third kappa shape index (κ3) is 4.49. The molecular weight excluding hydrogens is 188 g/mol. The largest absolute Gasteiger partial charge is 0.392 e. The number of piperidine rings is 1. The Labute approximate surface area is 94.1 Å². The summed E-state index contributed by atoms with van der Waals surface area (Å²) < 4.78 is 0. The molecule has 1 rings (SSSR count). The van der Waals surface area contributed by atoms with Gasteiger partial charge in [-0.2, -0.15) is 0 Å². The third-order valence-corrected chi connectivity index (χ3v) is 3.34. The summed E-state index contributed by atoms with van der Waals surface area (Å²) in [4.78, 5) is 4.72. The second-order valence-corrected chi connectivity index (χ2v) is 4.94. The predicted octanol–water partition coefficient (Wildman–Crippen LogP) is 1.17. The SMILES string of the molecule is CCCC(O)CN(C)C1CCCN(C)C1. The molecule has 1 saturated heterocycles. The Bertz CT molecular complexity index is 175. The van der Waals surface area contributed by atoms with E-state index >= 15 is 0 Å². The predicted molar refractivity (Wildman–Crippen MR) is 64.1 cm³/mol. The Kier molecular flexibility index (Phi) is 5.58. The highest BCUT2D eigenvalue weighted by Gasteiger charge is 2.22. The van der Waals surface area contributed by atoms with Gasteiger partial charge >= 0.3 is 0 Å². The van der Waals surface area contributed by atoms with Gasteiger partial charge in [-0.3, -0.25) is 4.90 Å². The fourth-order valence-electron chi connectivity index (χ4n) is 2.40. The van der Waals surface area contributed by atoms with Crippen molar-refractivity contribution in [1.29, 1.82) is 0 Å². The van der Waals surface area contributed by atoms with E-state index in [4.69, 9.17) is 0 Å². The Morgan fingerprint density at radius 3 is 2.87 bits per heavy atom. The molecule has 0 aliphatic carbocycles. The van der Waals surface area contributed by atoms with Crippen LogP contribution < -0.4 is 0 Å². The van der Waals surface area contributed by atoms with Gasteiger partial charge in [0.25, 0.3) is 0 Å². The van der Waals surface area contributed by atoms with Crippen LogP contribution in [-0.2, 0) is 0 Å². The van der Waals surface area contributed by atoms with Gasteiger partial charge in [0, 0.05) is 19.1 Å². The minimum Gasteiger partial charge on any atom is -0.392 e. The minimum atomic E-state index is -0.146. The lowest BCUT2D eigenvalue weighted by Crippen LogP contribution is -2.47. The van der Waals surface area contributed by atoms with Crippen LogP contribution in [0.15, 0.2) is 0 Å². The monoisotopic (exact) mass is 214 g/mol. The van der Waals surface area contributed by atoms with Gasteiger partial charge < -0.3 is 10.0 Å². The second-order valence-electron chi connectivity index (χ2n) is 4.94. The average Bonchev–Trinajstić information content (AvgIpc) is 2.18. The van der Waals surface area contributed by atoms with Crippen LogP contribution in [0.1, 0.15) is 32.6 Å². The molecule has 0 aromatic heterocycles. The molecule has 1 fully saturated rings. The maximum atomic E-state index is 9.76. The number of aliphatic hydroxyl groups excluding tert-OH is 1. The minimum absolute atomic E-state index is 0.146. The van der Waals surface area contributed by atoms with Crippen molar-refractivity contribution in [3.8, 4) is 0 Å². The summed E-state index contributed by atoms with van der Waals surface area (Å²) in [6.45, 7) is 5.32. The van der Waals surface area contributed by atoms with Gasteiger partial charge in [-0.05, 0) is 39.9 Å². The van der Waals surface area contributed by atoms with Crippen molar-refractivity contribution < 1.29 is 5.11 Å². The van der Waals surface area contributed by atoms with Crippen LogP contribution in [0.4, 0.5) is 0 Å². The van der Waals surface area contributed by atoms with E-state index in [-0.39, 0.29) is 6.10 Å². The molecule has 0 aromatic rings. The van der Waals surface area contributed by atoms with E-state index in [1.54, 1.807) is 0 Å². The van der Waals surface area contributed by atoms with Crippen molar-refractivity contribution in [2.75, 3.05) is 33.7 Å². The van der Waals surface area contributed by atoms with E-state index in [2.05, 4.69) is 30.8 Å². The normalized spacial score (nSPS) is 25.8. The molecule has 1 aliphatic heterocycles. The smallest absolute Gasteiger partial charge is 0.0667 e. The molecule has 90 valence electrons. The molecule has 0 aromatic carbocycles. The lowest BCUT2D eigenvalue weighted by Gasteiger charge is -2.36. The van der Waals surface area contributed by atoms with Crippen LogP contribution in [-0.4, -0.2) is 60.8 Å². The number of rotatable bonds is 5. The van der Waals surface area contributed by atoms with Crippen LogP contribution in [0.25, 0.3) is 0 Å². The zero-order chi connectivity index (χ0) is 11.3. The van der Waals surface area contributed by atoms with Gasteiger partial charge in [-0.15, -0.1) is 0 Å². The first kappa shape index (κ1) is 12.9. The number of hydrogen-bond donors (Lipinski definition) is 1. The zero-order valence-corrected chi connectivity index (χ0v) is 10.4. The van der Waals surface area contributed by atoms with Crippen molar-refractivity contribution in [3.05, 3.63) is 0 Å². The summed E-state index contributed by atoms with van der Waals surface area (Å²) in [5.41, 5.74) is 0. The van der Waals surface area contributed by atoms with E-state index in [0.717, 1.165) is 25.9 Å². The average molecular weight is 214 g/mol. The Balaban J connectivity index is 2.28. The molecule has 2 atom stereocenters. The summed E-state index contributed by atoms with van der Waals surface area (Å²) in [5.74, 6) is 0. The summed E-state index contributed by atoms with van der Waals surface area (Å²) in [6, 6.07) is 0.634. The van der Waals surface area contributed by atoms with Gasteiger partial charge in [0.05, 0.1) is 6.10 Å². The Morgan fingerprint density at radius 2 is 2.27 bits per heavy atom. The van der Waals surface area contributed by atoms with Gasteiger partial charge in [0.15, 0.2) is 0 Å². The maximum absolute atomic E-state index is 9.76. The number of hydrogen-bond acceptors (Lipinski definition) is 3. The van der Waals surface area contributed by atoms with Crippen molar-refractivity contribution in [1.82, 2.24) is 9.80 Å². The molecule has 0 radical (unpaired) electrons. The molecule has 0 saturated carbocycles. The molecular formula is C12H26N2O. The second kappa shape index (κ2) is 6.46. The fraction of sp³-hybridized carbons (Fsp3) is 1.00. The highest BCUT2D eigenvalue weighted by atomic mass is 16.3. The summed E-state index contributed by atoms with van der Waals surface area (Å²) in [7, 11) is 4.32. The van der Waals surface area contributed by atoms with Crippen LogP contribution in [0.3, 0.4) is 0 Å². The number of likely N-dealkylation sites (N-methyl/N-ethyl adjacent to an activating group) is 2. The summed E-state index contributed by atoms with van der Waals surface area (Å²) in [6.07, 6.45) is 4.41. The third-order valence-electron chi connectivity index (χ3n) is 3.34. The molecule has 0 bridgehead atoms. The highest BCUT2D eigenvalue weighted by Crippen LogP contribution is 2.14. The van der Waals surface area contributed by atoms with E-state index in [0.29, 0.717) is 6.04 Å². The lowest BCUT2D eigenvalue weighted by atomic mass is 10.0. The van der Waals surface area contributed by atoms with Gasteiger partial charge in [-0.25, -0.2) is 0 Å². The van der Waals surface area contributed by atoms with Gasteiger partial charge in [0.2, 0.25) is 0 Å². The van der Waals surface area contributed by atoms with E-state index < -0.39 is 0 Å². The molecule has 1 aliphatic rings. The molecule has 2 unspecified atom stereocenters. The van der Waals surface area contributed by atoms with E-state index in [9.17, 15) is 5.11 Å². The standard InChI is InChI=1S/C12H26N2O/c1-4-6-12(15)10-14(3)11-7-5-8-13(2)9-11/h11-12,15H,4-10H2,1-3H3. The lowest BCUT2D eigenvalue weighted by molar-refractivity contribution is 0.0699. The summed E-state index contributed by atoms with van der Waals surface area (Å²) in [5, 5.41) is 9.76. The van der Waals surface area contributed by atoms with Crippen molar-refractivity contribution in [2.45, 2.75) is 44.8 Å². The first-order valence-corrected chi connectivity index (χ1v) is 6.20. The molecule has 15 heavy (non-hydrogen) atoms. The van der Waals surface area contributed by atoms with Gasteiger partial charge in [0.1, 0.15) is 0 Å². The van der Waals surface area contributed by atoms with Crippen molar-refractivity contribution in [2.24, 2.45) is 0 Å². The Morgan fingerprint density at radius 1 is 1.53 bits per heavy atom. The first-order valence-electron chi connectivity index (χ1n) is 6.20. The van der Waals surface area contributed by atoms with Crippen LogP contribution in [0.5, 0.6) is 0 Å². The molecule has 3 heteroatoms.